The molecule has 22 heavy (non-hydrogen) atoms. The first kappa shape index (κ1) is 15.5. The van der Waals surface area contributed by atoms with Crippen LogP contribution < -0.4 is 10.1 Å². The molecule has 0 fully saturated rings. The van der Waals surface area contributed by atoms with Crippen LogP contribution in [0.1, 0.15) is 5.76 Å². The normalized spacial score (nSPS) is 10.1. The maximum absolute atomic E-state index is 12.7. The van der Waals surface area contributed by atoms with Crippen LogP contribution in [0.4, 0.5) is 10.1 Å². The minimum Gasteiger partial charge on any atom is -0.463 e. The van der Waals surface area contributed by atoms with Gasteiger partial charge in [0.15, 0.2) is 13.2 Å². The molecule has 0 atom stereocenters. The average Bonchev–Trinajstić information content (AvgIpc) is 2.91. The molecule has 1 amide bonds. The Kier molecular flexibility index (Phi) is 5.07. The molecule has 0 saturated heterocycles. The number of esters is 1. The summed E-state index contributed by atoms with van der Waals surface area (Å²) in [5.41, 5.74) is 0.400. The van der Waals surface area contributed by atoms with Crippen molar-refractivity contribution in [1.29, 1.82) is 0 Å². The molecule has 8 heteroatoms. The second kappa shape index (κ2) is 7.21. The number of hydrogen-bond donors (Lipinski definition) is 1. The number of aryl methyl sites for hydroxylation is 1. The number of aromatic nitrogens is 1. The predicted molar refractivity (Wildman–Crippen MR) is 72.7 cm³/mol. The van der Waals surface area contributed by atoms with Crippen molar-refractivity contribution >= 4 is 17.6 Å². The molecule has 2 rings (SSSR count). The Balaban J connectivity index is 1.69. The van der Waals surface area contributed by atoms with E-state index in [0.29, 0.717) is 11.4 Å². The molecule has 0 unspecified atom stereocenters. The van der Waals surface area contributed by atoms with E-state index in [2.05, 4.69) is 10.5 Å². The van der Waals surface area contributed by atoms with Crippen LogP contribution in [0.5, 0.6) is 5.88 Å². The quantitative estimate of drug-likeness (QED) is 0.817. The zero-order valence-electron chi connectivity index (χ0n) is 11.7. The molecule has 0 radical (unpaired) electrons. The Morgan fingerprint density at radius 2 is 2.00 bits per heavy atom. The predicted octanol–water partition coefficient (Wildman–Crippen LogP) is 1.68. The summed E-state index contributed by atoms with van der Waals surface area (Å²) < 4.78 is 27.2. The number of nitrogens with zero attached hydrogens (tertiary/aromatic N) is 1. The molecule has 1 aromatic heterocycles. The van der Waals surface area contributed by atoms with Gasteiger partial charge in [-0.1, -0.05) is 0 Å². The summed E-state index contributed by atoms with van der Waals surface area (Å²) in [4.78, 5) is 22.9. The van der Waals surface area contributed by atoms with E-state index in [1.54, 1.807) is 6.92 Å². The molecule has 0 aliphatic rings. The van der Waals surface area contributed by atoms with Gasteiger partial charge in [0.1, 0.15) is 11.6 Å². The third-order valence-corrected chi connectivity index (χ3v) is 2.44. The van der Waals surface area contributed by atoms with Crippen LogP contribution in [0.25, 0.3) is 0 Å². The van der Waals surface area contributed by atoms with E-state index in [1.807, 2.05) is 0 Å². The van der Waals surface area contributed by atoms with Crippen LogP contribution in [-0.4, -0.2) is 30.2 Å². The molecule has 0 bridgehead atoms. The molecule has 0 aliphatic carbocycles. The Hall–Kier alpha value is -2.90. The highest BCUT2D eigenvalue weighted by molar-refractivity contribution is 5.92. The minimum atomic E-state index is -0.727. The van der Waals surface area contributed by atoms with Gasteiger partial charge >= 0.3 is 5.97 Å². The topological polar surface area (TPSA) is 90.7 Å². The number of ether oxygens (including phenoxy) is 2. The van der Waals surface area contributed by atoms with Crippen molar-refractivity contribution in [2.24, 2.45) is 0 Å². The van der Waals surface area contributed by atoms with Crippen molar-refractivity contribution in [1.82, 2.24) is 5.16 Å². The Morgan fingerprint density at radius 3 is 2.64 bits per heavy atom. The van der Waals surface area contributed by atoms with E-state index >= 15 is 0 Å². The highest BCUT2D eigenvalue weighted by atomic mass is 19.1. The maximum Gasteiger partial charge on any atom is 0.344 e. The smallest absolute Gasteiger partial charge is 0.344 e. The molecule has 0 saturated carbocycles. The number of carbonyl (C=O) groups excluding carboxylic acids is 2. The molecule has 116 valence electrons. The summed E-state index contributed by atoms with van der Waals surface area (Å²) in [6.45, 7) is 0.811. The third kappa shape index (κ3) is 4.89. The standard InChI is InChI=1S/C14H13FN2O5/c1-9-6-13(17-22-9)20-8-14(19)21-7-12(18)16-11-4-2-10(15)3-5-11/h2-6H,7-8H2,1H3,(H,16,18). The molecule has 1 N–H and O–H groups in total. The van der Waals surface area contributed by atoms with Crippen LogP contribution in [0.15, 0.2) is 34.9 Å². The summed E-state index contributed by atoms with van der Waals surface area (Å²) in [6, 6.07) is 6.70. The van der Waals surface area contributed by atoms with Gasteiger partial charge in [-0.3, -0.25) is 4.79 Å². The Morgan fingerprint density at radius 1 is 1.27 bits per heavy atom. The van der Waals surface area contributed by atoms with Gasteiger partial charge in [-0.15, -0.1) is 0 Å². The highest BCUT2D eigenvalue weighted by Crippen LogP contribution is 2.10. The van der Waals surface area contributed by atoms with Crippen molar-refractivity contribution in [3.63, 3.8) is 0 Å². The van der Waals surface area contributed by atoms with Gasteiger partial charge < -0.3 is 19.3 Å². The van der Waals surface area contributed by atoms with Crippen molar-refractivity contribution in [3.8, 4) is 5.88 Å². The van der Waals surface area contributed by atoms with Crippen molar-refractivity contribution in [2.45, 2.75) is 6.92 Å². The summed E-state index contributed by atoms with van der Waals surface area (Å²) in [7, 11) is 0. The first-order valence-corrected chi connectivity index (χ1v) is 6.30. The largest absolute Gasteiger partial charge is 0.463 e. The summed E-state index contributed by atoms with van der Waals surface area (Å²) in [6.07, 6.45) is 0. The van der Waals surface area contributed by atoms with Gasteiger partial charge in [0.05, 0.1) is 0 Å². The molecule has 0 aliphatic heterocycles. The lowest BCUT2D eigenvalue weighted by Gasteiger charge is -2.06. The van der Waals surface area contributed by atoms with E-state index < -0.39 is 30.9 Å². The van der Waals surface area contributed by atoms with Crippen molar-refractivity contribution in [3.05, 3.63) is 41.9 Å². The number of rotatable bonds is 6. The van der Waals surface area contributed by atoms with Crippen LogP contribution in [0.3, 0.4) is 0 Å². The highest BCUT2D eigenvalue weighted by Gasteiger charge is 2.10. The lowest BCUT2D eigenvalue weighted by Crippen LogP contribution is -2.23. The van der Waals surface area contributed by atoms with Gasteiger partial charge in [0.25, 0.3) is 11.8 Å². The van der Waals surface area contributed by atoms with E-state index in [4.69, 9.17) is 14.0 Å². The summed E-state index contributed by atoms with van der Waals surface area (Å²) in [5.74, 6) is -0.982. The average molecular weight is 308 g/mol. The van der Waals surface area contributed by atoms with Gasteiger partial charge in [-0.25, -0.2) is 9.18 Å². The summed E-state index contributed by atoms with van der Waals surface area (Å²) >= 11 is 0. The number of carbonyl (C=O) groups is 2. The first-order valence-electron chi connectivity index (χ1n) is 6.30. The number of amides is 1. The van der Waals surface area contributed by atoms with Gasteiger partial charge in [-0.2, -0.15) is 0 Å². The summed E-state index contributed by atoms with van der Waals surface area (Å²) in [5, 5.41) is 5.98. The van der Waals surface area contributed by atoms with Crippen LogP contribution >= 0.6 is 0 Å². The fraction of sp³-hybridized carbons (Fsp3) is 0.214. The molecule has 0 spiro atoms. The number of nitrogens with one attached hydrogen (secondary N) is 1. The minimum absolute atomic E-state index is 0.158. The van der Waals surface area contributed by atoms with Gasteiger partial charge in [-0.05, 0) is 36.3 Å². The molecule has 2 aromatic rings. The molecule has 1 heterocycles. The van der Waals surface area contributed by atoms with Crippen LogP contribution in [0.2, 0.25) is 0 Å². The second-order valence-electron chi connectivity index (χ2n) is 4.28. The number of halogens is 1. The maximum atomic E-state index is 12.7. The molecular weight excluding hydrogens is 295 g/mol. The van der Waals surface area contributed by atoms with E-state index in [1.165, 1.54) is 30.3 Å². The zero-order chi connectivity index (χ0) is 15.9. The second-order valence-corrected chi connectivity index (χ2v) is 4.28. The lowest BCUT2D eigenvalue weighted by atomic mass is 10.3. The Labute approximate surface area is 125 Å². The SMILES string of the molecule is Cc1cc(OCC(=O)OCC(=O)Nc2ccc(F)cc2)no1. The molecule has 7 nitrogen and oxygen atoms in total. The van der Waals surface area contributed by atoms with Crippen LogP contribution in [0, 0.1) is 12.7 Å². The monoisotopic (exact) mass is 308 g/mol. The number of hydrogen-bond acceptors (Lipinski definition) is 6. The van der Waals surface area contributed by atoms with Crippen molar-refractivity contribution < 1.29 is 28.0 Å². The van der Waals surface area contributed by atoms with Gasteiger partial charge in [0.2, 0.25) is 0 Å². The zero-order valence-corrected chi connectivity index (χ0v) is 11.7. The Bertz CT molecular complexity index is 654. The fourth-order valence-corrected chi connectivity index (χ4v) is 1.46. The fourth-order valence-electron chi connectivity index (χ4n) is 1.46. The molecule has 1 aromatic carbocycles. The molecular formula is C14H13FN2O5. The number of benzene rings is 1. The first-order chi connectivity index (χ1) is 10.5. The lowest BCUT2D eigenvalue weighted by molar-refractivity contribution is -0.149. The van der Waals surface area contributed by atoms with Crippen LogP contribution in [-0.2, 0) is 14.3 Å². The van der Waals surface area contributed by atoms with Crippen molar-refractivity contribution in [2.75, 3.05) is 18.5 Å². The van der Waals surface area contributed by atoms with E-state index in [0.717, 1.165) is 0 Å². The van der Waals surface area contributed by atoms with Gasteiger partial charge in [0, 0.05) is 11.8 Å². The third-order valence-electron chi connectivity index (χ3n) is 2.44. The van der Waals surface area contributed by atoms with E-state index in [-0.39, 0.29) is 5.88 Å². The van der Waals surface area contributed by atoms with E-state index in [9.17, 15) is 14.0 Å². The number of anilines is 1.